The average Bonchev–Trinajstić information content (AvgIpc) is 2.88. The second-order valence-corrected chi connectivity index (χ2v) is 7.81. The summed E-state index contributed by atoms with van der Waals surface area (Å²) in [7, 11) is 1.63. The van der Waals surface area contributed by atoms with Gasteiger partial charge in [-0.2, -0.15) is 0 Å². The molecule has 0 saturated carbocycles. The number of hydrogen-bond acceptors (Lipinski definition) is 3. The van der Waals surface area contributed by atoms with Crippen molar-refractivity contribution >= 4 is 11.8 Å². The van der Waals surface area contributed by atoms with Crippen molar-refractivity contribution in [3.63, 3.8) is 0 Å². The Bertz CT molecular complexity index is 886. The lowest BCUT2D eigenvalue weighted by atomic mass is 9.94. The molecule has 1 aliphatic rings. The van der Waals surface area contributed by atoms with Gasteiger partial charge in [-0.15, -0.1) is 0 Å². The predicted molar refractivity (Wildman–Crippen MR) is 116 cm³/mol. The molecule has 0 aromatic heterocycles. The Morgan fingerprint density at radius 1 is 1.17 bits per heavy atom. The fourth-order valence-electron chi connectivity index (χ4n) is 4.03. The Morgan fingerprint density at radius 3 is 2.70 bits per heavy atom. The van der Waals surface area contributed by atoms with Crippen molar-refractivity contribution in [2.75, 3.05) is 39.8 Å². The summed E-state index contributed by atoms with van der Waals surface area (Å²) in [6.07, 6.45) is 1.46. The van der Waals surface area contributed by atoms with Crippen LogP contribution in [0.15, 0.2) is 48.5 Å². The molecule has 1 fully saturated rings. The normalized spacial score (nSPS) is 17.6. The lowest BCUT2D eigenvalue weighted by Crippen LogP contribution is -2.39. The van der Waals surface area contributed by atoms with E-state index in [4.69, 9.17) is 0 Å². The number of nitrogens with zero attached hydrogens (tertiary/aromatic N) is 2. The highest BCUT2D eigenvalue weighted by atomic mass is 19.1. The van der Waals surface area contributed by atoms with Crippen molar-refractivity contribution in [2.24, 2.45) is 5.92 Å². The van der Waals surface area contributed by atoms with Gasteiger partial charge >= 0.3 is 0 Å². The van der Waals surface area contributed by atoms with Crippen LogP contribution in [0.1, 0.15) is 18.9 Å². The number of amides is 2. The summed E-state index contributed by atoms with van der Waals surface area (Å²) in [5.74, 6) is -0.412. The zero-order valence-corrected chi connectivity index (χ0v) is 17.7. The highest BCUT2D eigenvalue weighted by Crippen LogP contribution is 2.25. The minimum atomic E-state index is -0.258. The summed E-state index contributed by atoms with van der Waals surface area (Å²) < 4.78 is 14.2. The van der Waals surface area contributed by atoms with Gasteiger partial charge in [-0.25, -0.2) is 4.39 Å². The van der Waals surface area contributed by atoms with Gasteiger partial charge in [0.1, 0.15) is 5.82 Å². The van der Waals surface area contributed by atoms with Crippen LogP contribution in [-0.4, -0.2) is 61.4 Å². The summed E-state index contributed by atoms with van der Waals surface area (Å²) >= 11 is 0. The molecule has 1 heterocycles. The van der Waals surface area contributed by atoms with Crippen LogP contribution in [0.3, 0.4) is 0 Å². The molecule has 30 heavy (non-hydrogen) atoms. The quantitative estimate of drug-likeness (QED) is 0.762. The summed E-state index contributed by atoms with van der Waals surface area (Å²) in [5, 5.41) is 2.66. The Morgan fingerprint density at radius 2 is 1.97 bits per heavy atom. The molecule has 1 aliphatic heterocycles. The molecule has 0 bridgehead atoms. The van der Waals surface area contributed by atoms with Crippen LogP contribution >= 0.6 is 0 Å². The number of halogens is 1. The first-order valence-corrected chi connectivity index (χ1v) is 10.6. The van der Waals surface area contributed by atoms with Crippen molar-refractivity contribution in [1.82, 2.24) is 15.1 Å². The third-order valence-electron chi connectivity index (χ3n) is 5.56. The Kier molecular flexibility index (Phi) is 7.57. The van der Waals surface area contributed by atoms with E-state index in [0.29, 0.717) is 31.6 Å². The third kappa shape index (κ3) is 5.45. The number of likely N-dealkylation sites (N-methyl/N-ethyl adjacent to an activating group) is 1. The monoisotopic (exact) mass is 411 g/mol. The van der Waals surface area contributed by atoms with Crippen LogP contribution in [0.2, 0.25) is 0 Å². The summed E-state index contributed by atoms with van der Waals surface area (Å²) in [5.41, 5.74) is 2.35. The van der Waals surface area contributed by atoms with Gasteiger partial charge in [-0.1, -0.05) is 49.4 Å². The number of hydrogen-bond donors (Lipinski definition) is 1. The summed E-state index contributed by atoms with van der Waals surface area (Å²) in [6, 6.07) is 14.5. The van der Waals surface area contributed by atoms with Gasteiger partial charge in [0.25, 0.3) is 0 Å². The van der Waals surface area contributed by atoms with Crippen molar-refractivity contribution in [3.05, 3.63) is 59.9 Å². The van der Waals surface area contributed by atoms with Crippen LogP contribution < -0.4 is 5.32 Å². The predicted octanol–water partition coefficient (Wildman–Crippen LogP) is 2.95. The van der Waals surface area contributed by atoms with Gasteiger partial charge < -0.3 is 10.2 Å². The van der Waals surface area contributed by atoms with Crippen molar-refractivity contribution in [2.45, 2.75) is 19.8 Å². The molecule has 6 heteroatoms. The maximum atomic E-state index is 14.2. The van der Waals surface area contributed by atoms with E-state index in [0.717, 1.165) is 24.1 Å². The largest absolute Gasteiger partial charge is 0.358 e. The third-order valence-corrected chi connectivity index (χ3v) is 5.56. The van der Waals surface area contributed by atoms with E-state index >= 15 is 0 Å². The fraction of sp³-hybridized carbons (Fsp3) is 0.417. The first-order valence-electron chi connectivity index (χ1n) is 10.6. The SMILES string of the molecule is CCCN1CCN(CC(=O)NC)CC(Cc2cccc(-c3ccccc3F)c2)C1=O. The molecule has 1 atom stereocenters. The number of nitrogens with one attached hydrogen (secondary N) is 1. The standard InChI is InChI=1S/C24H30FN3O2/c1-3-11-28-13-12-27(17-23(29)26-2)16-20(24(28)30)15-18-7-6-8-19(14-18)21-9-4-5-10-22(21)25/h4-10,14,20H,3,11-13,15-17H2,1-2H3,(H,26,29). The van der Waals surface area contributed by atoms with Crippen molar-refractivity contribution < 1.29 is 14.0 Å². The summed E-state index contributed by atoms with van der Waals surface area (Å²) in [6.45, 7) is 4.93. The first-order chi connectivity index (χ1) is 14.5. The fourth-order valence-corrected chi connectivity index (χ4v) is 4.03. The minimum absolute atomic E-state index is 0.0494. The number of carbonyl (C=O) groups excluding carboxylic acids is 2. The molecule has 1 N–H and O–H groups in total. The van der Waals surface area contributed by atoms with E-state index in [1.165, 1.54) is 6.07 Å². The zero-order valence-electron chi connectivity index (χ0n) is 17.7. The van der Waals surface area contributed by atoms with Crippen LogP contribution in [0.5, 0.6) is 0 Å². The number of carbonyl (C=O) groups is 2. The Labute approximate surface area is 177 Å². The zero-order chi connectivity index (χ0) is 21.5. The Hall–Kier alpha value is -2.73. The molecule has 5 nitrogen and oxygen atoms in total. The second kappa shape index (κ2) is 10.3. The van der Waals surface area contributed by atoms with Gasteiger partial charge in [0.15, 0.2) is 0 Å². The molecular weight excluding hydrogens is 381 g/mol. The molecule has 1 saturated heterocycles. The van der Waals surface area contributed by atoms with Crippen molar-refractivity contribution in [3.8, 4) is 11.1 Å². The lowest BCUT2D eigenvalue weighted by molar-refractivity contribution is -0.134. The van der Waals surface area contributed by atoms with E-state index in [1.807, 2.05) is 35.2 Å². The molecular formula is C24H30FN3O2. The van der Waals surface area contributed by atoms with Crippen LogP contribution in [-0.2, 0) is 16.0 Å². The molecule has 2 aromatic carbocycles. The maximum Gasteiger partial charge on any atom is 0.233 e. The highest BCUT2D eigenvalue weighted by Gasteiger charge is 2.30. The van der Waals surface area contributed by atoms with Crippen molar-refractivity contribution in [1.29, 1.82) is 0 Å². The lowest BCUT2D eigenvalue weighted by Gasteiger charge is -2.24. The van der Waals surface area contributed by atoms with E-state index in [-0.39, 0.29) is 30.1 Å². The molecule has 0 aliphatic carbocycles. The van der Waals surface area contributed by atoms with E-state index in [9.17, 15) is 14.0 Å². The molecule has 1 unspecified atom stereocenters. The highest BCUT2D eigenvalue weighted by molar-refractivity contribution is 5.81. The second-order valence-electron chi connectivity index (χ2n) is 7.81. The first kappa shape index (κ1) is 22.0. The van der Waals surface area contributed by atoms with E-state index in [1.54, 1.807) is 19.2 Å². The van der Waals surface area contributed by atoms with Crippen LogP contribution in [0.25, 0.3) is 11.1 Å². The molecule has 0 radical (unpaired) electrons. The number of rotatable bonds is 7. The van der Waals surface area contributed by atoms with Gasteiger partial charge in [0.2, 0.25) is 11.8 Å². The molecule has 2 aromatic rings. The van der Waals surface area contributed by atoms with Crippen LogP contribution in [0.4, 0.5) is 4.39 Å². The minimum Gasteiger partial charge on any atom is -0.358 e. The van der Waals surface area contributed by atoms with E-state index < -0.39 is 0 Å². The molecule has 0 spiro atoms. The topological polar surface area (TPSA) is 52.6 Å². The maximum absolute atomic E-state index is 14.2. The molecule has 3 rings (SSSR count). The molecule has 2 amide bonds. The van der Waals surface area contributed by atoms with Gasteiger partial charge in [0.05, 0.1) is 12.5 Å². The van der Waals surface area contributed by atoms with Crippen LogP contribution in [0, 0.1) is 11.7 Å². The molecule has 160 valence electrons. The Balaban J connectivity index is 1.82. The summed E-state index contributed by atoms with van der Waals surface area (Å²) in [4.78, 5) is 29.0. The smallest absolute Gasteiger partial charge is 0.233 e. The van der Waals surface area contributed by atoms with Gasteiger partial charge in [0, 0.05) is 38.8 Å². The van der Waals surface area contributed by atoms with E-state index in [2.05, 4.69) is 17.1 Å². The van der Waals surface area contributed by atoms with Gasteiger partial charge in [-0.3, -0.25) is 14.5 Å². The number of benzene rings is 2. The average molecular weight is 412 g/mol. The van der Waals surface area contributed by atoms with Gasteiger partial charge in [-0.05, 0) is 30.0 Å².